The van der Waals surface area contributed by atoms with Gasteiger partial charge in [0.2, 0.25) is 0 Å². The van der Waals surface area contributed by atoms with Crippen LogP contribution in [0, 0.1) is 6.92 Å². The first kappa shape index (κ1) is 14.0. The van der Waals surface area contributed by atoms with Crippen LogP contribution in [0.5, 0.6) is 5.75 Å². The molecule has 3 rings (SSSR count). The predicted octanol–water partition coefficient (Wildman–Crippen LogP) is 2.20. The molecule has 2 amide bonds. The Balaban J connectivity index is 1.71. The summed E-state index contributed by atoms with van der Waals surface area (Å²) in [5.41, 5.74) is 1.67. The third kappa shape index (κ3) is 2.48. The largest absolute Gasteiger partial charge is 0.425 e. The van der Waals surface area contributed by atoms with Gasteiger partial charge in [-0.2, -0.15) is 0 Å². The van der Waals surface area contributed by atoms with Gasteiger partial charge < -0.3 is 4.74 Å². The minimum atomic E-state index is -0.654. The first-order chi connectivity index (χ1) is 10.6. The number of fused-ring (bicyclic) bond motifs is 1. The van der Waals surface area contributed by atoms with Crippen molar-refractivity contribution in [2.24, 2.45) is 0 Å². The van der Waals surface area contributed by atoms with E-state index in [-0.39, 0.29) is 0 Å². The molecule has 0 unspecified atom stereocenters. The smallest absolute Gasteiger partial charge is 0.331 e. The number of nitrogens with zero attached hydrogens (tertiary/aromatic N) is 1. The minimum absolute atomic E-state index is 0.315. The Labute approximate surface area is 127 Å². The van der Waals surface area contributed by atoms with Gasteiger partial charge in [-0.3, -0.25) is 14.5 Å². The molecule has 5 nitrogen and oxygen atoms in total. The molecule has 1 aliphatic rings. The highest BCUT2D eigenvalue weighted by Crippen LogP contribution is 2.22. The molecule has 0 spiro atoms. The van der Waals surface area contributed by atoms with Crippen LogP contribution in [-0.4, -0.2) is 29.2 Å². The van der Waals surface area contributed by atoms with Crippen molar-refractivity contribution < 1.29 is 19.1 Å². The second-order valence-electron chi connectivity index (χ2n) is 5.03. The first-order valence-corrected chi connectivity index (χ1v) is 6.79. The van der Waals surface area contributed by atoms with Gasteiger partial charge in [0.15, 0.2) is 0 Å². The number of ether oxygens (including phenoxy) is 1. The Bertz CT molecular complexity index is 729. The van der Waals surface area contributed by atoms with E-state index in [1.807, 2.05) is 19.1 Å². The highest BCUT2D eigenvalue weighted by molar-refractivity contribution is 6.22. The van der Waals surface area contributed by atoms with Gasteiger partial charge in [0.25, 0.3) is 11.8 Å². The van der Waals surface area contributed by atoms with Crippen LogP contribution in [0.3, 0.4) is 0 Å². The van der Waals surface area contributed by atoms with Crippen LogP contribution < -0.4 is 4.74 Å². The molecular weight excluding hydrogens is 282 g/mol. The Morgan fingerprint density at radius 2 is 1.50 bits per heavy atom. The summed E-state index contributed by atoms with van der Waals surface area (Å²) in [6, 6.07) is 13.4. The van der Waals surface area contributed by atoms with Crippen molar-refractivity contribution in [1.29, 1.82) is 0 Å². The zero-order valence-electron chi connectivity index (χ0n) is 11.9. The molecule has 1 heterocycles. The molecular formula is C17H13NO4. The number of amides is 2. The van der Waals surface area contributed by atoms with Crippen molar-refractivity contribution >= 4 is 17.8 Å². The minimum Gasteiger partial charge on any atom is -0.425 e. The summed E-state index contributed by atoms with van der Waals surface area (Å²) in [5, 5.41) is 0. The zero-order chi connectivity index (χ0) is 15.7. The Morgan fingerprint density at radius 3 is 2.05 bits per heavy atom. The fourth-order valence-electron chi connectivity index (χ4n) is 2.28. The Hall–Kier alpha value is -2.95. The standard InChI is InChI=1S/C17H13NO4/c1-11-6-8-12(9-7-11)22-15(19)10-18-16(20)13-4-2-3-5-14(13)17(18)21/h2-9H,10H2,1H3. The van der Waals surface area contributed by atoms with Crippen molar-refractivity contribution in [3.8, 4) is 5.75 Å². The average Bonchev–Trinajstić information content (AvgIpc) is 2.75. The fraction of sp³-hybridized carbons (Fsp3) is 0.118. The summed E-state index contributed by atoms with van der Waals surface area (Å²) in [6.45, 7) is 1.52. The topological polar surface area (TPSA) is 63.7 Å². The predicted molar refractivity (Wildman–Crippen MR) is 78.6 cm³/mol. The molecule has 110 valence electrons. The van der Waals surface area contributed by atoms with Crippen molar-refractivity contribution in [1.82, 2.24) is 4.90 Å². The van der Waals surface area contributed by atoms with Crippen LogP contribution in [0.1, 0.15) is 26.3 Å². The van der Waals surface area contributed by atoms with E-state index in [0.717, 1.165) is 10.5 Å². The summed E-state index contributed by atoms with van der Waals surface area (Å²) >= 11 is 0. The summed E-state index contributed by atoms with van der Waals surface area (Å²) in [4.78, 5) is 37.1. The molecule has 5 heteroatoms. The van der Waals surface area contributed by atoms with Gasteiger partial charge in [0, 0.05) is 0 Å². The highest BCUT2D eigenvalue weighted by atomic mass is 16.5. The van der Waals surface area contributed by atoms with Gasteiger partial charge in [0.05, 0.1) is 11.1 Å². The quantitative estimate of drug-likeness (QED) is 0.495. The van der Waals surface area contributed by atoms with Crippen molar-refractivity contribution in [2.45, 2.75) is 6.92 Å². The molecule has 0 aliphatic carbocycles. The second-order valence-corrected chi connectivity index (χ2v) is 5.03. The van der Waals surface area contributed by atoms with E-state index in [9.17, 15) is 14.4 Å². The highest BCUT2D eigenvalue weighted by Gasteiger charge is 2.36. The lowest BCUT2D eigenvalue weighted by molar-refractivity contribution is -0.134. The molecule has 0 fully saturated rings. The van der Waals surface area contributed by atoms with E-state index < -0.39 is 24.3 Å². The van der Waals surface area contributed by atoms with Gasteiger partial charge >= 0.3 is 5.97 Å². The molecule has 1 aliphatic heterocycles. The van der Waals surface area contributed by atoms with Crippen LogP contribution in [-0.2, 0) is 4.79 Å². The normalized spacial score (nSPS) is 13.2. The summed E-state index contributed by atoms with van der Waals surface area (Å²) < 4.78 is 5.14. The maximum absolute atomic E-state index is 12.1. The lowest BCUT2D eigenvalue weighted by Crippen LogP contribution is -2.36. The van der Waals surface area contributed by atoms with Crippen LogP contribution in [0.4, 0.5) is 0 Å². The molecule has 0 saturated heterocycles. The molecule has 0 radical (unpaired) electrons. The van der Waals surface area contributed by atoms with Gasteiger partial charge in [-0.25, -0.2) is 4.79 Å². The molecule has 0 aromatic heterocycles. The number of imide groups is 1. The van der Waals surface area contributed by atoms with Crippen molar-refractivity contribution in [3.05, 3.63) is 65.2 Å². The van der Waals surface area contributed by atoms with Crippen molar-refractivity contribution in [3.63, 3.8) is 0 Å². The first-order valence-electron chi connectivity index (χ1n) is 6.79. The number of carbonyl (C=O) groups excluding carboxylic acids is 3. The number of rotatable bonds is 3. The molecule has 2 aromatic rings. The molecule has 0 saturated carbocycles. The SMILES string of the molecule is Cc1ccc(OC(=O)CN2C(=O)c3ccccc3C2=O)cc1. The van der Waals surface area contributed by atoms with E-state index in [0.29, 0.717) is 16.9 Å². The molecule has 0 bridgehead atoms. The Kier molecular flexibility index (Phi) is 3.47. The van der Waals surface area contributed by atoms with Gasteiger partial charge in [-0.1, -0.05) is 29.8 Å². The lowest BCUT2D eigenvalue weighted by atomic mass is 10.1. The van der Waals surface area contributed by atoms with Gasteiger partial charge in [0.1, 0.15) is 12.3 Å². The van der Waals surface area contributed by atoms with Crippen molar-refractivity contribution in [2.75, 3.05) is 6.54 Å². The number of hydrogen-bond donors (Lipinski definition) is 0. The van der Waals surface area contributed by atoms with E-state index in [2.05, 4.69) is 0 Å². The maximum atomic E-state index is 12.1. The number of carbonyl (C=O) groups is 3. The second kappa shape index (κ2) is 5.44. The Morgan fingerprint density at radius 1 is 0.955 bits per heavy atom. The third-order valence-electron chi connectivity index (χ3n) is 3.42. The number of esters is 1. The van der Waals surface area contributed by atoms with Crippen LogP contribution in [0.15, 0.2) is 48.5 Å². The lowest BCUT2D eigenvalue weighted by Gasteiger charge is -2.12. The fourth-order valence-corrected chi connectivity index (χ4v) is 2.28. The maximum Gasteiger partial charge on any atom is 0.331 e. The van der Waals surface area contributed by atoms with Crippen LogP contribution in [0.2, 0.25) is 0 Å². The van der Waals surface area contributed by atoms with E-state index in [1.54, 1.807) is 36.4 Å². The van der Waals surface area contributed by atoms with Gasteiger partial charge in [-0.05, 0) is 31.2 Å². The molecule has 0 N–H and O–H groups in total. The molecule has 0 atom stereocenters. The molecule has 22 heavy (non-hydrogen) atoms. The summed E-state index contributed by atoms with van der Waals surface area (Å²) in [5.74, 6) is -1.21. The third-order valence-corrected chi connectivity index (χ3v) is 3.42. The summed E-state index contributed by atoms with van der Waals surface area (Å²) in [6.07, 6.45) is 0. The number of hydrogen-bond acceptors (Lipinski definition) is 4. The van der Waals surface area contributed by atoms with E-state index >= 15 is 0 Å². The monoisotopic (exact) mass is 295 g/mol. The number of benzene rings is 2. The average molecular weight is 295 g/mol. The van der Waals surface area contributed by atoms with Crippen LogP contribution in [0.25, 0.3) is 0 Å². The van der Waals surface area contributed by atoms with E-state index in [4.69, 9.17) is 4.74 Å². The summed E-state index contributed by atoms with van der Waals surface area (Å²) in [7, 11) is 0. The molecule has 2 aromatic carbocycles. The van der Waals surface area contributed by atoms with Gasteiger partial charge in [-0.15, -0.1) is 0 Å². The van der Waals surface area contributed by atoms with Crippen LogP contribution >= 0.6 is 0 Å². The number of aryl methyl sites for hydroxylation is 1. The van der Waals surface area contributed by atoms with E-state index in [1.165, 1.54) is 0 Å². The zero-order valence-corrected chi connectivity index (χ0v) is 11.9.